The number of rotatable bonds is 4. The Morgan fingerprint density at radius 3 is 2.15 bits per heavy atom. The van der Waals surface area contributed by atoms with Crippen LogP contribution in [0.3, 0.4) is 0 Å². The molecule has 0 saturated carbocycles. The van der Waals surface area contributed by atoms with Crippen LogP contribution in [0.5, 0.6) is 11.5 Å². The average molecular weight is 285 g/mol. The molecule has 104 valence electrons. The van der Waals surface area contributed by atoms with E-state index in [1.807, 2.05) is 37.3 Å². The number of aryl methyl sites for hydroxylation is 1. The van der Waals surface area contributed by atoms with Crippen LogP contribution in [0.2, 0.25) is 0 Å². The van der Waals surface area contributed by atoms with Gasteiger partial charge in [0.05, 0.1) is 0 Å². The van der Waals surface area contributed by atoms with Gasteiger partial charge in [0.1, 0.15) is 16.5 Å². The van der Waals surface area contributed by atoms with Crippen LogP contribution >= 0.6 is 12.2 Å². The van der Waals surface area contributed by atoms with Crippen LogP contribution in [-0.4, -0.2) is 4.99 Å². The van der Waals surface area contributed by atoms with Gasteiger partial charge in [0.25, 0.3) is 0 Å². The van der Waals surface area contributed by atoms with Crippen LogP contribution in [-0.2, 0) is 0 Å². The van der Waals surface area contributed by atoms with Crippen LogP contribution in [0.4, 0.5) is 0 Å². The van der Waals surface area contributed by atoms with Crippen molar-refractivity contribution in [2.75, 3.05) is 0 Å². The maximum Gasteiger partial charge on any atom is 0.127 e. The molecule has 3 heteroatoms. The summed E-state index contributed by atoms with van der Waals surface area (Å²) in [6.07, 6.45) is 0. The van der Waals surface area contributed by atoms with E-state index < -0.39 is 0 Å². The van der Waals surface area contributed by atoms with Gasteiger partial charge in [-0.2, -0.15) is 0 Å². The Kier molecular flexibility index (Phi) is 4.40. The molecule has 0 aromatic heterocycles. The first kappa shape index (κ1) is 14.5. The normalized spacial score (nSPS) is 10.6. The summed E-state index contributed by atoms with van der Waals surface area (Å²) in [5.41, 5.74) is 8.87. The number of ether oxygens (including phenoxy) is 1. The zero-order valence-electron chi connectivity index (χ0n) is 12.0. The fourth-order valence-corrected chi connectivity index (χ4v) is 2.26. The zero-order valence-corrected chi connectivity index (χ0v) is 12.8. The molecule has 0 unspecified atom stereocenters. The molecule has 2 rings (SSSR count). The molecule has 0 bridgehead atoms. The van der Waals surface area contributed by atoms with Crippen molar-refractivity contribution in [2.45, 2.75) is 26.7 Å². The number of thiocarbonyl (C=S) groups is 1. The smallest absolute Gasteiger partial charge is 0.127 e. The second kappa shape index (κ2) is 6.06. The van der Waals surface area contributed by atoms with E-state index in [9.17, 15) is 0 Å². The highest BCUT2D eigenvalue weighted by molar-refractivity contribution is 7.80. The van der Waals surface area contributed by atoms with Crippen molar-refractivity contribution in [2.24, 2.45) is 5.73 Å². The highest BCUT2D eigenvalue weighted by Gasteiger charge is 2.05. The van der Waals surface area contributed by atoms with Crippen molar-refractivity contribution >= 4 is 17.2 Å². The first-order chi connectivity index (χ1) is 9.47. The lowest BCUT2D eigenvalue weighted by Crippen LogP contribution is -2.10. The van der Waals surface area contributed by atoms with Crippen molar-refractivity contribution in [1.82, 2.24) is 0 Å². The Morgan fingerprint density at radius 1 is 1.05 bits per heavy atom. The lowest BCUT2D eigenvalue weighted by molar-refractivity contribution is 0.482. The standard InChI is InChI=1S/C17H19NOS/c1-11(2)13-4-6-14(7-5-13)19-15-8-9-16(17(18)20)12(3)10-15/h4-11H,1-3H3,(H2,18,20). The fraction of sp³-hybridized carbons (Fsp3) is 0.235. The largest absolute Gasteiger partial charge is 0.457 e. The zero-order chi connectivity index (χ0) is 14.7. The summed E-state index contributed by atoms with van der Waals surface area (Å²) in [5, 5.41) is 0. The second-order valence-electron chi connectivity index (χ2n) is 5.17. The molecule has 0 heterocycles. The van der Waals surface area contributed by atoms with E-state index in [4.69, 9.17) is 22.7 Å². The molecular weight excluding hydrogens is 266 g/mol. The number of hydrogen-bond acceptors (Lipinski definition) is 2. The third kappa shape index (κ3) is 3.36. The van der Waals surface area contributed by atoms with Gasteiger partial charge in [-0.1, -0.05) is 38.2 Å². The van der Waals surface area contributed by atoms with Gasteiger partial charge in [-0.15, -0.1) is 0 Å². The van der Waals surface area contributed by atoms with Crippen molar-refractivity contribution in [3.63, 3.8) is 0 Å². The highest BCUT2D eigenvalue weighted by Crippen LogP contribution is 2.25. The number of nitrogens with two attached hydrogens (primary N) is 1. The van der Waals surface area contributed by atoms with E-state index in [1.165, 1.54) is 5.56 Å². The van der Waals surface area contributed by atoms with Crippen molar-refractivity contribution in [3.05, 3.63) is 59.2 Å². The number of benzene rings is 2. The molecule has 2 nitrogen and oxygen atoms in total. The van der Waals surface area contributed by atoms with E-state index in [0.29, 0.717) is 10.9 Å². The van der Waals surface area contributed by atoms with Gasteiger partial charge in [0.15, 0.2) is 0 Å². The lowest BCUT2D eigenvalue weighted by atomic mass is 10.0. The third-order valence-electron chi connectivity index (χ3n) is 3.25. The van der Waals surface area contributed by atoms with Gasteiger partial charge >= 0.3 is 0 Å². The molecule has 0 fully saturated rings. The Bertz CT molecular complexity index is 617. The topological polar surface area (TPSA) is 35.2 Å². The van der Waals surface area contributed by atoms with Crippen LogP contribution in [0, 0.1) is 6.92 Å². The van der Waals surface area contributed by atoms with Gasteiger partial charge < -0.3 is 10.5 Å². The van der Waals surface area contributed by atoms with Gasteiger partial charge in [-0.25, -0.2) is 0 Å². The minimum atomic E-state index is 0.412. The van der Waals surface area contributed by atoms with Gasteiger partial charge in [0, 0.05) is 5.56 Å². The van der Waals surface area contributed by atoms with E-state index in [-0.39, 0.29) is 0 Å². The van der Waals surface area contributed by atoms with Gasteiger partial charge in [-0.05, 0) is 54.3 Å². The second-order valence-corrected chi connectivity index (χ2v) is 5.61. The molecule has 2 aromatic carbocycles. The van der Waals surface area contributed by atoms with Crippen LogP contribution in [0.25, 0.3) is 0 Å². The summed E-state index contributed by atoms with van der Waals surface area (Å²) >= 11 is 5.00. The molecule has 0 aliphatic rings. The molecule has 0 amide bonds. The minimum absolute atomic E-state index is 0.412. The first-order valence-corrected chi connectivity index (χ1v) is 7.06. The Labute approximate surface area is 125 Å². The minimum Gasteiger partial charge on any atom is -0.457 e. The maximum atomic E-state index is 5.84. The molecule has 0 aliphatic carbocycles. The molecule has 0 atom stereocenters. The quantitative estimate of drug-likeness (QED) is 0.837. The van der Waals surface area contributed by atoms with E-state index in [2.05, 4.69) is 26.0 Å². The van der Waals surface area contributed by atoms with Gasteiger partial charge in [-0.3, -0.25) is 0 Å². The van der Waals surface area contributed by atoms with E-state index >= 15 is 0 Å². The molecule has 2 aromatic rings. The molecule has 0 radical (unpaired) electrons. The van der Waals surface area contributed by atoms with Crippen LogP contribution in [0.1, 0.15) is 36.5 Å². The van der Waals surface area contributed by atoms with E-state index in [0.717, 1.165) is 22.6 Å². The van der Waals surface area contributed by atoms with Crippen molar-refractivity contribution < 1.29 is 4.74 Å². The average Bonchev–Trinajstić information content (AvgIpc) is 2.39. The summed E-state index contributed by atoms with van der Waals surface area (Å²) in [7, 11) is 0. The molecule has 20 heavy (non-hydrogen) atoms. The molecule has 2 N–H and O–H groups in total. The summed E-state index contributed by atoms with van der Waals surface area (Å²) in [5.74, 6) is 2.15. The predicted octanol–water partition coefficient (Wildman–Crippen LogP) is 4.54. The van der Waals surface area contributed by atoms with Gasteiger partial charge in [0.2, 0.25) is 0 Å². The Hall–Kier alpha value is -1.87. The SMILES string of the molecule is Cc1cc(Oc2ccc(C(C)C)cc2)ccc1C(N)=S. The van der Waals surface area contributed by atoms with Crippen molar-refractivity contribution in [3.8, 4) is 11.5 Å². The Balaban J connectivity index is 2.17. The third-order valence-corrected chi connectivity index (χ3v) is 3.47. The summed E-state index contributed by atoms with van der Waals surface area (Å²) < 4.78 is 5.84. The van der Waals surface area contributed by atoms with Crippen molar-refractivity contribution in [1.29, 1.82) is 0 Å². The highest BCUT2D eigenvalue weighted by atomic mass is 32.1. The molecular formula is C17H19NOS. The van der Waals surface area contributed by atoms with Crippen LogP contribution < -0.4 is 10.5 Å². The molecule has 0 aliphatic heterocycles. The molecule has 0 spiro atoms. The maximum absolute atomic E-state index is 5.84. The molecule has 0 saturated heterocycles. The summed E-state index contributed by atoms with van der Waals surface area (Å²) in [6.45, 7) is 6.32. The summed E-state index contributed by atoms with van der Waals surface area (Å²) in [6, 6.07) is 13.9. The Morgan fingerprint density at radius 2 is 1.65 bits per heavy atom. The fourth-order valence-electron chi connectivity index (χ4n) is 2.03. The summed E-state index contributed by atoms with van der Waals surface area (Å²) in [4.78, 5) is 0.412. The predicted molar refractivity (Wildman–Crippen MR) is 87.7 cm³/mol. The lowest BCUT2D eigenvalue weighted by Gasteiger charge is -2.10. The monoisotopic (exact) mass is 285 g/mol. The first-order valence-electron chi connectivity index (χ1n) is 6.65. The van der Waals surface area contributed by atoms with E-state index in [1.54, 1.807) is 0 Å². The van der Waals surface area contributed by atoms with Crippen LogP contribution in [0.15, 0.2) is 42.5 Å². The number of hydrogen-bond donors (Lipinski definition) is 1.